The van der Waals surface area contributed by atoms with Crippen LogP contribution in [0.1, 0.15) is 29.8 Å². The van der Waals surface area contributed by atoms with Gasteiger partial charge in [0.25, 0.3) is 0 Å². The van der Waals surface area contributed by atoms with Gasteiger partial charge in [0.2, 0.25) is 0 Å². The summed E-state index contributed by atoms with van der Waals surface area (Å²) in [5.41, 5.74) is 6.79. The van der Waals surface area contributed by atoms with E-state index < -0.39 is 0 Å². The minimum Gasteiger partial charge on any atom is -0.370 e. The van der Waals surface area contributed by atoms with Gasteiger partial charge in [-0.1, -0.05) is 12.2 Å². The lowest BCUT2D eigenvalue weighted by molar-refractivity contribution is 0.711. The summed E-state index contributed by atoms with van der Waals surface area (Å²) in [6.45, 7) is 5.75. The maximum Gasteiger partial charge on any atom is 0.165 e. The molecule has 0 radical (unpaired) electrons. The van der Waals surface area contributed by atoms with Crippen LogP contribution in [0.5, 0.6) is 0 Å². The van der Waals surface area contributed by atoms with Gasteiger partial charge in [-0.15, -0.1) is 0 Å². The monoisotopic (exact) mass is 386 g/mol. The SMILES string of the molecule is Cc1ccc(-c2nc3c(c(NCC4=CNC5=CC=CCC45)n2)CCCN3)c(C)n1. The van der Waals surface area contributed by atoms with Gasteiger partial charge in [0, 0.05) is 53.4 Å². The number of aromatic nitrogens is 3. The van der Waals surface area contributed by atoms with Crippen LogP contribution in [-0.4, -0.2) is 28.0 Å². The molecule has 2 aromatic heterocycles. The van der Waals surface area contributed by atoms with Gasteiger partial charge < -0.3 is 16.0 Å². The molecule has 0 bridgehead atoms. The van der Waals surface area contributed by atoms with Crippen LogP contribution in [0.25, 0.3) is 11.4 Å². The van der Waals surface area contributed by atoms with Crippen molar-refractivity contribution in [2.45, 2.75) is 33.1 Å². The number of pyridine rings is 1. The Hall–Kier alpha value is -3.15. The van der Waals surface area contributed by atoms with Gasteiger partial charge in [-0.25, -0.2) is 9.97 Å². The number of fused-ring (bicyclic) bond motifs is 2. The lowest BCUT2D eigenvalue weighted by Crippen LogP contribution is -2.19. The molecule has 0 fully saturated rings. The number of hydrogen-bond donors (Lipinski definition) is 3. The van der Waals surface area contributed by atoms with Crippen molar-refractivity contribution in [2.24, 2.45) is 5.92 Å². The molecule has 2 aliphatic heterocycles. The van der Waals surface area contributed by atoms with Crippen LogP contribution >= 0.6 is 0 Å². The first kappa shape index (κ1) is 17.9. The topological polar surface area (TPSA) is 74.8 Å². The van der Waals surface area contributed by atoms with E-state index in [0.717, 1.165) is 66.8 Å². The van der Waals surface area contributed by atoms with E-state index in [2.05, 4.69) is 51.4 Å². The number of nitrogens with one attached hydrogen (secondary N) is 3. The Bertz CT molecular complexity index is 1050. The van der Waals surface area contributed by atoms with E-state index in [9.17, 15) is 0 Å². The normalized spacial score (nSPS) is 19.4. The van der Waals surface area contributed by atoms with Gasteiger partial charge in [-0.3, -0.25) is 4.98 Å². The lowest BCUT2D eigenvalue weighted by Gasteiger charge is -2.22. The predicted octanol–water partition coefficient (Wildman–Crippen LogP) is 3.87. The summed E-state index contributed by atoms with van der Waals surface area (Å²) in [7, 11) is 0. The van der Waals surface area contributed by atoms with Crippen LogP contribution in [0.4, 0.5) is 11.6 Å². The van der Waals surface area contributed by atoms with Crippen molar-refractivity contribution in [1.82, 2.24) is 20.3 Å². The summed E-state index contributed by atoms with van der Waals surface area (Å²) in [6, 6.07) is 4.09. The molecule has 1 aliphatic carbocycles. The molecule has 0 saturated carbocycles. The highest BCUT2D eigenvalue weighted by Crippen LogP contribution is 2.33. The van der Waals surface area contributed by atoms with E-state index in [0.29, 0.717) is 5.92 Å². The standard InChI is InChI=1S/C23H26N6/c1-14-9-10-17(15(2)27-14)23-28-21-19(7-5-11-24-21)22(29-23)26-13-16-12-25-20-8-4-3-6-18(16)20/h3-4,8-10,12,18,25H,5-7,11,13H2,1-2H3,(H2,24,26,28,29). The molecular formula is C23H26N6. The van der Waals surface area contributed by atoms with Crippen molar-refractivity contribution >= 4 is 11.6 Å². The largest absolute Gasteiger partial charge is 0.370 e. The summed E-state index contributed by atoms with van der Waals surface area (Å²) in [5.74, 6) is 3.06. The Morgan fingerprint density at radius 2 is 2.10 bits per heavy atom. The van der Waals surface area contributed by atoms with Crippen molar-refractivity contribution < 1.29 is 0 Å². The molecule has 1 unspecified atom stereocenters. The number of rotatable bonds is 4. The quantitative estimate of drug-likeness (QED) is 0.741. The zero-order valence-corrected chi connectivity index (χ0v) is 16.9. The van der Waals surface area contributed by atoms with E-state index in [1.807, 2.05) is 19.9 Å². The second-order valence-electron chi connectivity index (χ2n) is 7.89. The fourth-order valence-corrected chi connectivity index (χ4v) is 4.29. The Kier molecular flexibility index (Phi) is 4.54. The molecule has 29 heavy (non-hydrogen) atoms. The van der Waals surface area contributed by atoms with Crippen LogP contribution in [0, 0.1) is 19.8 Å². The van der Waals surface area contributed by atoms with E-state index in [1.165, 1.54) is 16.8 Å². The van der Waals surface area contributed by atoms with Gasteiger partial charge in [0.15, 0.2) is 5.82 Å². The predicted molar refractivity (Wildman–Crippen MR) is 117 cm³/mol. The minimum absolute atomic E-state index is 0.450. The number of nitrogens with zero attached hydrogens (tertiary/aromatic N) is 3. The van der Waals surface area contributed by atoms with Gasteiger partial charge >= 0.3 is 0 Å². The fourth-order valence-electron chi connectivity index (χ4n) is 4.29. The van der Waals surface area contributed by atoms with Crippen LogP contribution in [0.15, 0.2) is 47.8 Å². The molecule has 6 heteroatoms. The first-order valence-electron chi connectivity index (χ1n) is 10.3. The molecule has 6 nitrogen and oxygen atoms in total. The van der Waals surface area contributed by atoms with E-state index >= 15 is 0 Å². The molecule has 1 atom stereocenters. The van der Waals surface area contributed by atoms with Crippen molar-refractivity contribution in [2.75, 3.05) is 23.7 Å². The van der Waals surface area contributed by atoms with E-state index in [4.69, 9.17) is 9.97 Å². The summed E-state index contributed by atoms with van der Waals surface area (Å²) >= 11 is 0. The number of aryl methyl sites for hydroxylation is 2. The summed E-state index contributed by atoms with van der Waals surface area (Å²) in [5, 5.41) is 10.5. The molecule has 0 spiro atoms. The van der Waals surface area contributed by atoms with Gasteiger partial charge in [-0.2, -0.15) is 0 Å². The van der Waals surface area contributed by atoms with Crippen molar-refractivity contribution in [3.8, 4) is 11.4 Å². The maximum atomic E-state index is 4.93. The maximum absolute atomic E-state index is 4.93. The molecular weight excluding hydrogens is 360 g/mol. The molecule has 3 aliphatic rings. The first-order chi connectivity index (χ1) is 14.2. The van der Waals surface area contributed by atoms with Crippen molar-refractivity contribution in [3.05, 3.63) is 64.8 Å². The highest BCUT2D eigenvalue weighted by Gasteiger charge is 2.25. The second-order valence-corrected chi connectivity index (χ2v) is 7.89. The number of allylic oxidation sites excluding steroid dienone is 4. The summed E-state index contributed by atoms with van der Waals surface area (Å²) in [4.78, 5) is 14.4. The highest BCUT2D eigenvalue weighted by atomic mass is 15.1. The van der Waals surface area contributed by atoms with Crippen LogP contribution in [-0.2, 0) is 6.42 Å². The molecule has 0 aromatic carbocycles. The zero-order valence-electron chi connectivity index (χ0n) is 16.9. The first-order valence-corrected chi connectivity index (χ1v) is 10.3. The fraction of sp³-hybridized carbons (Fsp3) is 0.348. The number of anilines is 2. The van der Waals surface area contributed by atoms with Crippen LogP contribution in [0.2, 0.25) is 0 Å². The Morgan fingerprint density at radius 1 is 1.17 bits per heavy atom. The van der Waals surface area contributed by atoms with Gasteiger partial charge in [0.05, 0.1) is 0 Å². The third-order valence-electron chi connectivity index (χ3n) is 5.86. The third kappa shape index (κ3) is 3.39. The lowest BCUT2D eigenvalue weighted by atomic mass is 9.92. The van der Waals surface area contributed by atoms with Crippen LogP contribution in [0.3, 0.4) is 0 Å². The summed E-state index contributed by atoms with van der Waals surface area (Å²) < 4.78 is 0. The third-order valence-corrected chi connectivity index (χ3v) is 5.86. The molecule has 3 N–H and O–H groups in total. The highest BCUT2D eigenvalue weighted by molar-refractivity contribution is 5.68. The second kappa shape index (κ2) is 7.35. The molecule has 5 rings (SSSR count). The molecule has 2 aromatic rings. The van der Waals surface area contributed by atoms with Crippen molar-refractivity contribution in [3.63, 3.8) is 0 Å². The minimum atomic E-state index is 0.450. The molecule has 0 amide bonds. The van der Waals surface area contributed by atoms with E-state index in [1.54, 1.807) is 0 Å². The molecule has 148 valence electrons. The number of hydrogen-bond acceptors (Lipinski definition) is 6. The van der Waals surface area contributed by atoms with Crippen molar-refractivity contribution in [1.29, 1.82) is 0 Å². The molecule has 0 saturated heterocycles. The average Bonchev–Trinajstić information content (AvgIpc) is 3.15. The van der Waals surface area contributed by atoms with Gasteiger partial charge in [-0.05, 0) is 56.9 Å². The Morgan fingerprint density at radius 3 is 3.00 bits per heavy atom. The smallest absolute Gasteiger partial charge is 0.165 e. The average molecular weight is 387 g/mol. The zero-order chi connectivity index (χ0) is 19.8. The van der Waals surface area contributed by atoms with Crippen LogP contribution < -0.4 is 16.0 Å². The molecule has 4 heterocycles. The van der Waals surface area contributed by atoms with Gasteiger partial charge in [0.1, 0.15) is 11.6 Å². The summed E-state index contributed by atoms with van der Waals surface area (Å²) in [6.07, 6.45) is 11.8. The van der Waals surface area contributed by atoms with E-state index in [-0.39, 0.29) is 0 Å². The Labute approximate surface area is 171 Å². The Balaban J connectivity index is 1.45.